The van der Waals surface area contributed by atoms with Crippen molar-refractivity contribution in [3.05, 3.63) is 71.0 Å². The molecule has 0 N–H and O–H groups in total. The molecular weight excluding hydrogens is 314 g/mol. The molecule has 0 bridgehead atoms. The first kappa shape index (κ1) is 13.1. The van der Waals surface area contributed by atoms with Gasteiger partial charge < -0.3 is 4.74 Å². The van der Waals surface area contributed by atoms with Crippen LogP contribution in [0.4, 0.5) is 0 Å². The Bertz CT molecular complexity index is 713. The molecule has 2 aromatic carbocycles. The van der Waals surface area contributed by atoms with Crippen LogP contribution in [0.5, 0.6) is 5.75 Å². The van der Waals surface area contributed by atoms with E-state index >= 15 is 0 Å². The third kappa shape index (κ3) is 3.17. The summed E-state index contributed by atoms with van der Waals surface area (Å²) in [7, 11) is 0. The van der Waals surface area contributed by atoms with Gasteiger partial charge in [0.2, 0.25) is 0 Å². The molecule has 0 aliphatic carbocycles. The molecule has 0 aliphatic rings. The minimum Gasteiger partial charge on any atom is -0.493 e. The van der Waals surface area contributed by atoms with Gasteiger partial charge in [-0.15, -0.1) is 0 Å². The van der Waals surface area contributed by atoms with Gasteiger partial charge in [-0.3, -0.25) is 4.98 Å². The molecule has 0 saturated carbocycles. The number of pyridine rings is 1. The summed E-state index contributed by atoms with van der Waals surface area (Å²) < 4.78 is 6.91. The Morgan fingerprint density at radius 3 is 2.50 bits per heavy atom. The molecule has 1 aromatic heterocycles. The normalized spacial score (nSPS) is 10.7. The Morgan fingerprint density at radius 2 is 1.65 bits per heavy atom. The predicted octanol–water partition coefficient (Wildman–Crippen LogP) is 4.62. The Morgan fingerprint density at radius 1 is 0.900 bits per heavy atom. The molecule has 3 aromatic rings. The molecule has 0 atom stereocenters. The Labute approximate surface area is 126 Å². The maximum absolute atomic E-state index is 5.82. The second kappa shape index (κ2) is 6.06. The fourth-order valence-electron chi connectivity index (χ4n) is 2.12. The first-order chi connectivity index (χ1) is 9.81. The van der Waals surface area contributed by atoms with Crippen LogP contribution in [-0.4, -0.2) is 11.6 Å². The molecule has 3 heteroatoms. The second-order valence-electron chi connectivity index (χ2n) is 4.61. The van der Waals surface area contributed by atoms with Gasteiger partial charge in [0.15, 0.2) is 0 Å². The van der Waals surface area contributed by atoms with Crippen LogP contribution < -0.4 is 4.74 Å². The van der Waals surface area contributed by atoms with Crippen molar-refractivity contribution < 1.29 is 4.74 Å². The monoisotopic (exact) mass is 327 g/mol. The van der Waals surface area contributed by atoms with Crippen molar-refractivity contribution in [2.24, 2.45) is 0 Å². The van der Waals surface area contributed by atoms with Crippen LogP contribution in [-0.2, 0) is 6.42 Å². The van der Waals surface area contributed by atoms with Crippen molar-refractivity contribution in [3.8, 4) is 5.75 Å². The third-order valence-electron chi connectivity index (χ3n) is 3.18. The maximum Gasteiger partial charge on any atom is 0.119 e. The highest BCUT2D eigenvalue weighted by atomic mass is 79.9. The Hall–Kier alpha value is -1.87. The lowest BCUT2D eigenvalue weighted by Crippen LogP contribution is -2.01. The molecule has 0 unspecified atom stereocenters. The summed E-state index contributed by atoms with van der Waals surface area (Å²) >= 11 is 3.48. The standard InChI is InChI=1S/C17H14BrNO/c18-16-3-1-15-12-17(4-2-14(15)11-16)20-10-7-13-5-8-19-9-6-13/h1-6,8-9,11-12H,7,10H2. The molecule has 3 rings (SSSR count). The zero-order valence-corrected chi connectivity index (χ0v) is 12.5. The van der Waals surface area contributed by atoms with Gasteiger partial charge >= 0.3 is 0 Å². The van der Waals surface area contributed by atoms with Crippen molar-refractivity contribution in [1.29, 1.82) is 0 Å². The summed E-state index contributed by atoms with van der Waals surface area (Å²) in [6.07, 6.45) is 4.51. The minimum atomic E-state index is 0.673. The maximum atomic E-state index is 5.82. The van der Waals surface area contributed by atoms with Crippen molar-refractivity contribution in [2.75, 3.05) is 6.61 Å². The van der Waals surface area contributed by atoms with E-state index in [1.807, 2.05) is 36.7 Å². The number of hydrogen-bond acceptors (Lipinski definition) is 2. The fourth-order valence-corrected chi connectivity index (χ4v) is 2.50. The summed E-state index contributed by atoms with van der Waals surface area (Å²) in [5.41, 5.74) is 1.24. The Balaban J connectivity index is 1.67. The number of halogens is 1. The van der Waals surface area contributed by atoms with Crippen molar-refractivity contribution >= 4 is 26.7 Å². The molecule has 1 heterocycles. The second-order valence-corrected chi connectivity index (χ2v) is 5.52. The molecule has 0 aliphatic heterocycles. The van der Waals surface area contributed by atoms with Gasteiger partial charge in [-0.2, -0.15) is 0 Å². The van der Waals surface area contributed by atoms with E-state index in [0.29, 0.717) is 6.61 Å². The van der Waals surface area contributed by atoms with Crippen LogP contribution in [0.15, 0.2) is 65.4 Å². The van der Waals surface area contributed by atoms with Gasteiger partial charge in [-0.25, -0.2) is 0 Å². The van der Waals surface area contributed by atoms with Crippen LogP contribution in [0.1, 0.15) is 5.56 Å². The molecule has 0 spiro atoms. The van der Waals surface area contributed by atoms with E-state index in [4.69, 9.17) is 4.74 Å². The molecule has 0 saturated heterocycles. The van der Waals surface area contributed by atoms with Crippen molar-refractivity contribution in [1.82, 2.24) is 4.98 Å². The van der Waals surface area contributed by atoms with Gasteiger partial charge in [0.05, 0.1) is 6.61 Å². The number of fused-ring (bicyclic) bond motifs is 1. The smallest absolute Gasteiger partial charge is 0.119 e. The number of rotatable bonds is 4. The minimum absolute atomic E-state index is 0.673. The number of benzene rings is 2. The van der Waals surface area contributed by atoms with Crippen molar-refractivity contribution in [2.45, 2.75) is 6.42 Å². The van der Waals surface area contributed by atoms with E-state index in [-0.39, 0.29) is 0 Å². The van der Waals surface area contributed by atoms with Gasteiger partial charge in [0, 0.05) is 23.3 Å². The number of hydrogen-bond donors (Lipinski definition) is 0. The van der Waals surface area contributed by atoms with Gasteiger partial charge in [-0.1, -0.05) is 28.1 Å². The summed E-state index contributed by atoms with van der Waals surface area (Å²) in [5.74, 6) is 0.911. The number of aromatic nitrogens is 1. The van der Waals surface area contributed by atoms with Gasteiger partial charge in [0.1, 0.15) is 5.75 Å². The molecule has 0 radical (unpaired) electrons. The Kier molecular flexibility index (Phi) is 3.97. The SMILES string of the molecule is Brc1ccc2cc(OCCc3ccncc3)ccc2c1. The molecule has 100 valence electrons. The summed E-state index contributed by atoms with van der Waals surface area (Å²) in [6, 6.07) is 16.5. The summed E-state index contributed by atoms with van der Waals surface area (Å²) in [5, 5.41) is 2.40. The van der Waals surface area contributed by atoms with Crippen molar-refractivity contribution in [3.63, 3.8) is 0 Å². The molecular formula is C17H14BrNO. The lowest BCUT2D eigenvalue weighted by atomic mass is 10.1. The highest BCUT2D eigenvalue weighted by molar-refractivity contribution is 9.10. The van der Waals surface area contributed by atoms with E-state index in [2.05, 4.69) is 45.2 Å². The van der Waals surface area contributed by atoms with E-state index in [9.17, 15) is 0 Å². The number of ether oxygens (including phenoxy) is 1. The summed E-state index contributed by atoms with van der Waals surface area (Å²) in [6.45, 7) is 0.673. The lowest BCUT2D eigenvalue weighted by molar-refractivity contribution is 0.322. The van der Waals surface area contributed by atoms with Crippen LogP contribution in [0.2, 0.25) is 0 Å². The van der Waals surface area contributed by atoms with E-state index in [1.165, 1.54) is 16.3 Å². The van der Waals surface area contributed by atoms with E-state index in [0.717, 1.165) is 16.6 Å². The zero-order valence-electron chi connectivity index (χ0n) is 10.9. The zero-order chi connectivity index (χ0) is 13.8. The van der Waals surface area contributed by atoms with Gasteiger partial charge in [0.25, 0.3) is 0 Å². The van der Waals surface area contributed by atoms with Crippen LogP contribution >= 0.6 is 15.9 Å². The van der Waals surface area contributed by atoms with Crippen LogP contribution in [0.3, 0.4) is 0 Å². The van der Waals surface area contributed by atoms with Crippen LogP contribution in [0.25, 0.3) is 10.8 Å². The highest BCUT2D eigenvalue weighted by Gasteiger charge is 1.99. The average molecular weight is 328 g/mol. The topological polar surface area (TPSA) is 22.1 Å². The lowest BCUT2D eigenvalue weighted by Gasteiger charge is -2.07. The fraction of sp³-hybridized carbons (Fsp3) is 0.118. The molecule has 0 amide bonds. The largest absolute Gasteiger partial charge is 0.493 e. The first-order valence-corrected chi connectivity index (χ1v) is 7.31. The predicted molar refractivity (Wildman–Crippen MR) is 85.1 cm³/mol. The highest BCUT2D eigenvalue weighted by Crippen LogP contribution is 2.24. The average Bonchev–Trinajstić information content (AvgIpc) is 2.48. The summed E-state index contributed by atoms with van der Waals surface area (Å²) in [4.78, 5) is 4.01. The van der Waals surface area contributed by atoms with E-state index < -0.39 is 0 Å². The van der Waals surface area contributed by atoms with Crippen LogP contribution in [0, 0.1) is 0 Å². The van der Waals surface area contributed by atoms with Gasteiger partial charge in [-0.05, 0) is 52.7 Å². The third-order valence-corrected chi connectivity index (χ3v) is 3.68. The quantitative estimate of drug-likeness (QED) is 0.697. The molecule has 0 fully saturated rings. The first-order valence-electron chi connectivity index (χ1n) is 6.52. The molecule has 2 nitrogen and oxygen atoms in total. The number of nitrogens with zero attached hydrogens (tertiary/aromatic N) is 1. The van der Waals surface area contributed by atoms with E-state index in [1.54, 1.807) is 0 Å². The molecule has 20 heavy (non-hydrogen) atoms.